The van der Waals surface area contributed by atoms with Crippen molar-refractivity contribution in [2.45, 2.75) is 58.5 Å². The van der Waals surface area contributed by atoms with E-state index in [1.54, 1.807) is 23.2 Å². The van der Waals surface area contributed by atoms with E-state index in [1.807, 2.05) is 57.2 Å². The fraction of sp³-hybridized carbons (Fsp3) is 0.353. The van der Waals surface area contributed by atoms with E-state index < -0.39 is 24.5 Å². The monoisotopic (exact) mass is 586 g/mol. The van der Waals surface area contributed by atoms with E-state index in [0.717, 1.165) is 37.9 Å². The second-order valence-electron chi connectivity index (χ2n) is 10.6. The van der Waals surface area contributed by atoms with Crippen LogP contribution in [-0.2, 0) is 20.8 Å². The van der Waals surface area contributed by atoms with Gasteiger partial charge in [-0.05, 0) is 72.3 Å². The Kier molecular flexibility index (Phi) is 9.26. The number of rotatable bonds is 12. The van der Waals surface area contributed by atoms with E-state index in [-0.39, 0.29) is 18.4 Å². The molecular weight excluding hydrogens is 548 g/mol. The third-order valence-corrected chi connectivity index (χ3v) is 9.16. The summed E-state index contributed by atoms with van der Waals surface area (Å²) in [5.41, 5.74) is 5.38. The lowest BCUT2D eigenvalue weighted by molar-refractivity contribution is -0.180. The van der Waals surface area contributed by atoms with Crippen molar-refractivity contribution in [3.8, 4) is 11.1 Å². The zero-order chi connectivity index (χ0) is 29.8. The number of nitrogens with zero attached hydrogens (tertiary/aromatic N) is 2. The van der Waals surface area contributed by atoms with Gasteiger partial charge in [0.25, 0.3) is 0 Å². The van der Waals surface area contributed by atoms with Crippen LogP contribution in [0.25, 0.3) is 21.2 Å². The highest BCUT2D eigenvalue weighted by Crippen LogP contribution is 2.45. The number of hydrogen-bond acceptors (Lipinski definition) is 5. The molecule has 1 heterocycles. The standard InChI is InChI=1S/C34H38N2O5S/c1-5-40-33(41-6-2)23(4)35(19-24-21-42-31-18-12-11-13-25(24)31)32(37)22(3)36(34(38)39)20-30-28-16-9-7-14-26(28)27-15-8-10-17-29(27)30/h7-18,21-23,30,33H,5-6,19-20H2,1-4H3,(H,38,39)/t22-,23-/m0/s1. The van der Waals surface area contributed by atoms with Crippen LogP contribution in [0.4, 0.5) is 4.79 Å². The first-order valence-electron chi connectivity index (χ1n) is 14.5. The molecule has 4 aromatic rings. The summed E-state index contributed by atoms with van der Waals surface area (Å²) in [6.07, 6.45) is -1.77. The van der Waals surface area contributed by atoms with Crippen LogP contribution in [0.1, 0.15) is 50.3 Å². The summed E-state index contributed by atoms with van der Waals surface area (Å²) < 4.78 is 13.0. The molecule has 0 unspecified atom stereocenters. The van der Waals surface area contributed by atoms with Gasteiger partial charge in [-0.2, -0.15) is 0 Å². The summed E-state index contributed by atoms with van der Waals surface area (Å²) in [5.74, 6) is -0.459. The zero-order valence-corrected chi connectivity index (χ0v) is 25.3. The normalized spacial score (nSPS) is 14.0. The van der Waals surface area contributed by atoms with Crippen LogP contribution < -0.4 is 0 Å². The molecule has 0 radical (unpaired) electrons. The van der Waals surface area contributed by atoms with E-state index in [0.29, 0.717) is 19.8 Å². The number of amides is 2. The van der Waals surface area contributed by atoms with Gasteiger partial charge in [-0.3, -0.25) is 9.69 Å². The number of ether oxygens (including phenoxy) is 2. The molecule has 0 fully saturated rings. The molecule has 5 rings (SSSR count). The van der Waals surface area contributed by atoms with Crippen LogP contribution in [-0.4, -0.2) is 65.0 Å². The summed E-state index contributed by atoms with van der Waals surface area (Å²) in [4.78, 5) is 30.2. The number of carbonyl (C=O) groups is 2. The molecule has 7 nitrogen and oxygen atoms in total. The Morgan fingerprint density at radius 2 is 1.43 bits per heavy atom. The average Bonchev–Trinajstić information content (AvgIpc) is 3.56. The Hall–Kier alpha value is -3.72. The van der Waals surface area contributed by atoms with E-state index in [9.17, 15) is 14.7 Å². The van der Waals surface area contributed by atoms with Crippen molar-refractivity contribution in [1.82, 2.24) is 9.80 Å². The number of thiophene rings is 1. The van der Waals surface area contributed by atoms with Gasteiger partial charge in [-0.1, -0.05) is 66.7 Å². The summed E-state index contributed by atoms with van der Waals surface area (Å²) in [6, 6.07) is 22.9. The van der Waals surface area contributed by atoms with Crippen LogP contribution in [0.3, 0.4) is 0 Å². The summed E-state index contributed by atoms with van der Waals surface area (Å²) in [7, 11) is 0. The van der Waals surface area contributed by atoms with Crippen LogP contribution in [0, 0.1) is 0 Å². The van der Waals surface area contributed by atoms with Crippen molar-refractivity contribution < 1.29 is 24.2 Å². The van der Waals surface area contributed by atoms with Gasteiger partial charge >= 0.3 is 6.09 Å². The van der Waals surface area contributed by atoms with Crippen molar-refractivity contribution in [1.29, 1.82) is 0 Å². The lowest BCUT2D eigenvalue weighted by Crippen LogP contribution is -2.55. The molecule has 0 saturated heterocycles. The van der Waals surface area contributed by atoms with Crippen LogP contribution in [0.2, 0.25) is 0 Å². The minimum Gasteiger partial charge on any atom is -0.465 e. The van der Waals surface area contributed by atoms with Gasteiger partial charge in [0, 0.05) is 36.9 Å². The first-order valence-corrected chi connectivity index (χ1v) is 15.4. The molecule has 1 aliphatic carbocycles. The van der Waals surface area contributed by atoms with E-state index in [2.05, 4.69) is 41.8 Å². The van der Waals surface area contributed by atoms with Gasteiger partial charge in [0.2, 0.25) is 5.91 Å². The maximum atomic E-state index is 14.4. The Balaban J connectivity index is 1.47. The first-order chi connectivity index (χ1) is 20.3. The molecule has 220 valence electrons. The Morgan fingerprint density at radius 3 is 2.02 bits per heavy atom. The Labute approximate surface area is 251 Å². The molecule has 0 spiro atoms. The fourth-order valence-electron chi connectivity index (χ4n) is 5.99. The highest BCUT2D eigenvalue weighted by atomic mass is 32.1. The second kappa shape index (κ2) is 13.1. The average molecular weight is 587 g/mol. The van der Waals surface area contributed by atoms with Gasteiger partial charge in [-0.15, -0.1) is 11.3 Å². The summed E-state index contributed by atoms with van der Waals surface area (Å²) in [5, 5.41) is 13.6. The van der Waals surface area contributed by atoms with Crippen molar-refractivity contribution in [3.63, 3.8) is 0 Å². The number of fused-ring (bicyclic) bond motifs is 4. The highest BCUT2D eigenvalue weighted by Gasteiger charge is 2.38. The molecule has 1 aliphatic rings. The Bertz CT molecular complexity index is 1500. The molecular formula is C34H38N2O5S. The van der Waals surface area contributed by atoms with E-state index in [1.165, 1.54) is 4.90 Å². The number of carbonyl (C=O) groups excluding carboxylic acids is 1. The third-order valence-electron chi connectivity index (χ3n) is 8.14. The van der Waals surface area contributed by atoms with Crippen molar-refractivity contribution >= 4 is 33.4 Å². The quantitative estimate of drug-likeness (QED) is 0.178. The van der Waals surface area contributed by atoms with Crippen LogP contribution in [0.5, 0.6) is 0 Å². The highest BCUT2D eigenvalue weighted by molar-refractivity contribution is 7.17. The van der Waals surface area contributed by atoms with Gasteiger partial charge < -0.3 is 19.5 Å². The minimum atomic E-state index is -1.13. The van der Waals surface area contributed by atoms with Crippen LogP contribution >= 0.6 is 11.3 Å². The maximum absolute atomic E-state index is 14.4. The molecule has 1 N–H and O–H groups in total. The van der Waals surface area contributed by atoms with Gasteiger partial charge in [0.05, 0.1) is 6.04 Å². The zero-order valence-electron chi connectivity index (χ0n) is 24.5. The smallest absolute Gasteiger partial charge is 0.408 e. The molecule has 0 bridgehead atoms. The second-order valence-corrected chi connectivity index (χ2v) is 11.5. The minimum absolute atomic E-state index is 0.167. The molecule has 2 atom stereocenters. The van der Waals surface area contributed by atoms with Crippen LogP contribution in [0.15, 0.2) is 78.2 Å². The largest absolute Gasteiger partial charge is 0.465 e. The predicted octanol–water partition coefficient (Wildman–Crippen LogP) is 7.20. The number of hydrogen-bond donors (Lipinski definition) is 1. The van der Waals surface area contributed by atoms with Crippen molar-refractivity contribution in [3.05, 3.63) is 94.9 Å². The Morgan fingerprint density at radius 1 is 0.857 bits per heavy atom. The van der Waals surface area contributed by atoms with Crippen molar-refractivity contribution in [2.24, 2.45) is 0 Å². The molecule has 8 heteroatoms. The van der Waals surface area contributed by atoms with E-state index >= 15 is 0 Å². The molecule has 0 saturated carbocycles. The third kappa shape index (κ3) is 5.79. The van der Waals surface area contributed by atoms with Gasteiger partial charge in [0.1, 0.15) is 6.04 Å². The number of carboxylic acid groups (broad SMARTS) is 1. The fourth-order valence-corrected chi connectivity index (χ4v) is 6.95. The SMILES string of the molecule is CCOC(OCC)[C@H](C)N(Cc1csc2ccccc12)C(=O)[C@H](C)N(CC1c2ccccc2-c2ccccc21)C(=O)O. The lowest BCUT2D eigenvalue weighted by atomic mass is 9.96. The molecule has 0 aliphatic heterocycles. The number of benzene rings is 3. The topological polar surface area (TPSA) is 79.3 Å². The van der Waals surface area contributed by atoms with Crippen molar-refractivity contribution in [2.75, 3.05) is 19.8 Å². The lowest BCUT2D eigenvalue weighted by Gasteiger charge is -2.38. The predicted molar refractivity (Wildman–Crippen MR) is 167 cm³/mol. The van der Waals surface area contributed by atoms with Gasteiger partial charge in [-0.25, -0.2) is 4.79 Å². The summed E-state index contributed by atoms with van der Waals surface area (Å²) in [6.45, 7) is 8.71. The first kappa shape index (κ1) is 29.8. The molecule has 42 heavy (non-hydrogen) atoms. The van der Waals surface area contributed by atoms with Gasteiger partial charge in [0.15, 0.2) is 6.29 Å². The molecule has 1 aromatic heterocycles. The molecule has 2 amide bonds. The molecule has 3 aromatic carbocycles. The van der Waals surface area contributed by atoms with E-state index in [4.69, 9.17) is 9.47 Å². The maximum Gasteiger partial charge on any atom is 0.408 e. The summed E-state index contributed by atoms with van der Waals surface area (Å²) >= 11 is 1.63.